The van der Waals surface area contributed by atoms with Gasteiger partial charge in [-0.15, -0.1) is 0 Å². The molecule has 0 saturated heterocycles. The molecule has 1 heterocycles. The molecular weight excluding hydrogens is 208 g/mol. The second-order valence-corrected chi connectivity index (χ2v) is 4.78. The SMILES string of the molecule is NCC1(c2ccc(-c3ccccc3)cn2)CC1. The van der Waals surface area contributed by atoms with Crippen molar-refractivity contribution in [1.82, 2.24) is 4.98 Å². The fourth-order valence-corrected chi connectivity index (χ4v) is 2.22. The van der Waals surface area contributed by atoms with E-state index in [4.69, 9.17) is 5.73 Å². The van der Waals surface area contributed by atoms with E-state index in [1.165, 1.54) is 24.0 Å². The van der Waals surface area contributed by atoms with Crippen molar-refractivity contribution in [2.45, 2.75) is 18.3 Å². The van der Waals surface area contributed by atoms with Gasteiger partial charge in [-0.2, -0.15) is 0 Å². The van der Waals surface area contributed by atoms with Crippen LogP contribution in [-0.4, -0.2) is 11.5 Å². The van der Waals surface area contributed by atoms with Crippen molar-refractivity contribution in [2.75, 3.05) is 6.54 Å². The molecule has 2 N–H and O–H groups in total. The van der Waals surface area contributed by atoms with Crippen molar-refractivity contribution in [1.29, 1.82) is 0 Å². The zero-order chi connectivity index (χ0) is 11.7. The molecule has 86 valence electrons. The summed E-state index contributed by atoms with van der Waals surface area (Å²) in [6.45, 7) is 0.713. The summed E-state index contributed by atoms with van der Waals surface area (Å²) in [6.07, 6.45) is 4.32. The first-order chi connectivity index (χ1) is 8.34. The van der Waals surface area contributed by atoms with Gasteiger partial charge in [0.15, 0.2) is 0 Å². The van der Waals surface area contributed by atoms with E-state index in [9.17, 15) is 0 Å². The molecule has 0 aliphatic heterocycles. The van der Waals surface area contributed by atoms with Crippen LogP contribution in [0.5, 0.6) is 0 Å². The lowest BCUT2D eigenvalue weighted by Gasteiger charge is -2.11. The van der Waals surface area contributed by atoms with Crippen LogP contribution in [0.25, 0.3) is 11.1 Å². The minimum absolute atomic E-state index is 0.190. The van der Waals surface area contributed by atoms with Crippen LogP contribution in [0.2, 0.25) is 0 Å². The number of hydrogen-bond donors (Lipinski definition) is 1. The Morgan fingerprint density at radius 1 is 1.00 bits per heavy atom. The van der Waals surface area contributed by atoms with Gasteiger partial charge in [-0.25, -0.2) is 0 Å². The zero-order valence-electron chi connectivity index (χ0n) is 9.76. The first-order valence-corrected chi connectivity index (χ1v) is 6.06. The highest BCUT2D eigenvalue weighted by atomic mass is 14.8. The molecule has 0 atom stereocenters. The Morgan fingerprint density at radius 2 is 1.76 bits per heavy atom. The number of benzene rings is 1. The Kier molecular flexibility index (Phi) is 2.45. The molecule has 2 aromatic rings. The molecule has 0 bridgehead atoms. The molecule has 17 heavy (non-hydrogen) atoms. The molecule has 0 radical (unpaired) electrons. The van der Waals surface area contributed by atoms with Crippen molar-refractivity contribution in [2.24, 2.45) is 5.73 Å². The van der Waals surface area contributed by atoms with Crippen LogP contribution in [0.3, 0.4) is 0 Å². The van der Waals surface area contributed by atoms with Crippen molar-refractivity contribution in [3.05, 3.63) is 54.4 Å². The van der Waals surface area contributed by atoms with Crippen molar-refractivity contribution >= 4 is 0 Å². The molecular formula is C15H16N2. The van der Waals surface area contributed by atoms with Gasteiger partial charge in [0.1, 0.15) is 0 Å². The van der Waals surface area contributed by atoms with Gasteiger partial charge in [0, 0.05) is 29.4 Å². The Labute approximate surface area is 102 Å². The van der Waals surface area contributed by atoms with E-state index < -0.39 is 0 Å². The third-order valence-corrected chi connectivity index (χ3v) is 3.66. The van der Waals surface area contributed by atoms with Crippen LogP contribution in [-0.2, 0) is 5.41 Å². The quantitative estimate of drug-likeness (QED) is 0.870. The Hall–Kier alpha value is -1.67. The molecule has 0 spiro atoms. The zero-order valence-corrected chi connectivity index (χ0v) is 9.76. The van der Waals surface area contributed by atoms with E-state index in [1.54, 1.807) is 0 Å². The summed E-state index contributed by atoms with van der Waals surface area (Å²) < 4.78 is 0. The van der Waals surface area contributed by atoms with E-state index in [0.717, 1.165) is 5.69 Å². The second-order valence-electron chi connectivity index (χ2n) is 4.78. The van der Waals surface area contributed by atoms with Gasteiger partial charge in [0.05, 0.1) is 0 Å². The monoisotopic (exact) mass is 224 g/mol. The van der Waals surface area contributed by atoms with Crippen LogP contribution < -0.4 is 5.73 Å². The lowest BCUT2D eigenvalue weighted by atomic mass is 10.0. The topological polar surface area (TPSA) is 38.9 Å². The summed E-state index contributed by atoms with van der Waals surface area (Å²) in [5, 5.41) is 0. The number of hydrogen-bond acceptors (Lipinski definition) is 2. The van der Waals surface area contributed by atoms with Crippen LogP contribution in [0.1, 0.15) is 18.5 Å². The highest BCUT2D eigenvalue weighted by Crippen LogP contribution is 2.46. The van der Waals surface area contributed by atoms with Gasteiger partial charge < -0.3 is 5.73 Å². The number of nitrogens with two attached hydrogens (primary N) is 1. The standard InChI is InChI=1S/C15H16N2/c16-11-15(8-9-15)14-7-6-13(10-17-14)12-4-2-1-3-5-12/h1-7,10H,8-9,11,16H2. The molecule has 0 unspecified atom stereocenters. The van der Waals surface area contributed by atoms with Gasteiger partial charge in [-0.3, -0.25) is 4.98 Å². The van der Waals surface area contributed by atoms with E-state index in [0.29, 0.717) is 6.54 Å². The average molecular weight is 224 g/mol. The minimum Gasteiger partial charge on any atom is -0.330 e. The van der Waals surface area contributed by atoms with Gasteiger partial charge in [-0.05, 0) is 24.5 Å². The van der Waals surface area contributed by atoms with Crippen molar-refractivity contribution in [3.63, 3.8) is 0 Å². The maximum atomic E-state index is 5.81. The molecule has 1 aliphatic carbocycles. The Morgan fingerprint density at radius 3 is 2.29 bits per heavy atom. The molecule has 1 aromatic heterocycles. The average Bonchev–Trinajstić information content (AvgIpc) is 3.21. The highest BCUT2D eigenvalue weighted by molar-refractivity contribution is 5.62. The predicted octanol–water partition coefficient (Wildman–Crippen LogP) is 2.74. The van der Waals surface area contributed by atoms with E-state index in [-0.39, 0.29) is 5.41 Å². The number of nitrogens with zero attached hydrogens (tertiary/aromatic N) is 1. The Bertz CT molecular complexity index is 498. The predicted molar refractivity (Wildman–Crippen MR) is 69.6 cm³/mol. The van der Waals surface area contributed by atoms with E-state index >= 15 is 0 Å². The lowest BCUT2D eigenvalue weighted by molar-refractivity contribution is 0.679. The smallest absolute Gasteiger partial charge is 0.0478 e. The summed E-state index contributed by atoms with van der Waals surface area (Å²) in [6, 6.07) is 14.6. The van der Waals surface area contributed by atoms with E-state index in [2.05, 4.69) is 29.2 Å². The normalized spacial score (nSPS) is 16.8. The number of pyridine rings is 1. The molecule has 2 heteroatoms. The molecule has 2 nitrogen and oxygen atoms in total. The van der Waals surface area contributed by atoms with Gasteiger partial charge in [0.2, 0.25) is 0 Å². The largest absolute Gasteiger partial charge is 0.330 e. The van der Waals surface area contributed by atoms with Crippen LogP contribution in [0.15, 0.2) is 48.7 Å². The maximum Gasteiger partial charge on any atom is 0.0478 e. The number of rotatable bonds is 3. The van der Waals surface area contributed by atoms with Crippen LogP contribution in [0.4, 0.5) is 0 Å². The van der Waals surface area contributed by atoms with Crippen molar-refractivity contribution < 1.29 is 0 Å². The summed E-state index contributed by atoms with van der Waals surface area (Å²) >= 11 is 0. The molecule has 1 fully saturated rings. The summed E-state index contributed by atoms with van der Waals surface area (Å²) in [4.78, 5) is 4.58. The molecule has 1 aliphatic rings. The van der Waals surface area contributed by atoms with Gasteiger partial charge in [0.25, 0.3) is 0 Å². The molecule has 0 amide bonds. The van der Waals surface area contributed by atoms with Crippen molar-refractivity contribution in [3.8, 4) is 11.1 Å². The third kappa shape index (κ3) is 1.85. The molecule has 1 aromatic carbocycles. The second kappa shape index (κ2) is 3.97. The van der Waals surface area contributed by atoms with Crippen LogP contribution >= 0.6 is 0 Å². The lowest BCUT2D eigenvalue weighted by Crippen LogP contribution is -2.20. The Balaban J connectivity index is 1.91. The number of aromatic nitrogens is 1. The van der Waals surface area contributed by atoms with Crippen LogP contribution in [0, 0.1) is 0 Å². The summed E-state index contributed by atoms with van der Waals surface area (Å²) in [5.74, 6) is 0. The third-order valence-electron chi connectivity index (χ3n) is 3.66. The summed E-state index contributed by atoms with van der Waals surface area (Å²) in [7, 11) is 0. The fraction of sp³-hybridized carbons (Fsp3) is 0.267. The van der Waals surface area contributed by atoms with Gasteiger partial charge >= 0.3 is 0 Å². The maximum absolute atomic E-state index is 5.81. The van der Waals surface area contributed by atoms with Gasteiger partial charge in [-0.1, -0.05) is 36.4 Å². The molecule has 1 saturated carbocycles. The first kappa shape index (κ1) is 10.5. The first-order valence-electron chi connectivity index (χ1n) is 6.06. The molecule has 3 rings (SSSR count). The van der Waals surface area contributed by atoms with E-state index in [1.807, 2.05) is 24.4 Å². The minimum atomic E-state index is 0.190. The summed E-state index contributed by atoms with van der Waals surface area (Å²) in [5.41, 5.74) is 9.53. The fourth-order valence-electron chi connectivity index (χ4n) is 2.22. The highest BCUT2D eigenvalue weighted by Gasteiger charge is 2.44.